The van der Waals surface area contributed by atoms with Crippen LogP contribution >= 0.6 is 35.8 Å². The van der Waals surface area contributed by atoms with Crippen LogP contribution in [0.1, 0.15) is 5.56 Å². The number of hydrogen-bond acceptors (Lipinski definition) is 3. The lowest BCUT2D eigenvalue weighted by molar-refractivity contribution is 1.46. The van der Waals surface area contributed by atoms with E-state index in [1.165, 1.54) is 0 Å². The number of benzene rings is 1. The Hall–Kier alpha value is -0.290. The van der Waals surface area contributed by atoms with Crippen LogP contribution in [0.25, 0.3) is 0 Å². The first-order valence-electron chi connectivity index (χ1n) is 3.58. The lowest BCUT2D eigenvalue weighted by Crippen LogP contribution is -2.07. The van der Waals surface area contributed by atoms with E-state index in [2.05, 4.69) is 5.32 Å². The first kappa shape index (κ1) is 10.8. The number of nitrogens with one attached hydrogen (secondary N) is 1. The number of halogens is 1. The van der Waals surface area contributed by atoms with Crippen molar-refractivity contribution in [2.75, 3.05) is 5.32 Å². The second-order valence-corrected chi connectivity index (χ2v) is 4.16. The van der Waals surface area contributed by atoms with Gasteiger partial charge in [-0.25, -0.2) is 0 Å². The third kappa shape index (κ3) is 2.84. The van der Waals surface area contributed by atoms with Crippen LogP contribution < -0.4 is 10.5 Å². The first-order valence-corrected chi connectivity index (χ1v) is 5.24. The number of hydrogen-bond donors (Lipinski definition) is 2. The normalized spacial score (nSPS) is 9.77. The Morgan fingerprint density at radius 1 is 1.62 bits per heavy atom. The SMILES string of the molecule is Cc1c(Cl)cccc1NC(=S)SN. The van der Waals surface area contributed by atoms with Gasteiger partial charge in [-0.2, -0.15) is 0 Å². The van der Waals surface area contributed by atoms with E-state index in [-0.39, 0.29) is 0 Å². The fourth-order valence-corrected chi connectivity index (χ4v) is 1.34. The smallest absolute Gasteiger partial charge is 0.153 e. The molecule has 0 fully saturated rings. The molecule has 0 aromatic heterocycles. The Balaban J connectivity index is 2.89. The van der Waals surface area contributed by atoms with Gasteiger partial charge < -0.3 is 5.32 Å². The molecule has 0 atom stereocenters. The molecule has 0 bridgehead atoms. The summed E-state index contributed by atoms with van der Waals surface area (Å²) < 4.78 is 0.533. The van der Waals surface area contributed by atoms with E-state index in [0.717, 1.165) is 28.2 Å². The maximum Gasteiger partial charge on any atom is 0.153 e. The van der Waals surface area contributed by atoms with Crippen molar-refractivity contribution in [1.29, 1.82) is 0 Å². The molecule has 0 unspecified atom stereocenters. The highest BCUT2D eigenvalue weighted by Crippen LogP contribution is 2.23. The van der Waals surface area contributed by atoms with E-state index in [0.29, 0.717) is 4.32 Å². The summed E-state index contributed by atoms with van der Waals surface area (Å²) in [7, 11) is 0. The molecule has 0 saturated carbocycles. The average molecular weight is 233 g/mol. The summed E-state index contributed by atoms with van der Waals surface area (Å²) in [6, 6.07) is 5.60. The van der Waals surface area contributed by atoms with E-state index >= 15 is 0 Å². The van der Waals surface area contributed by atoms with Gasteiger partial charge in [-0.05, 0) is 36.6 Å². The highest BCUT2D eigenvalue weighted by molar-refractivity contribution is 8.21. The van der Waals surface area contributed by atoms with Crippen LogP contribution in [0.2, 0.25) is 5.02 Å². The number of thiocarbonyl (C=S) groups is 1. The van der Waals surface area contributed by atoms with Gasteiger partial charge in [-0.3, -0.25) is 5.14 Å². The van der Waals surface area contributed by atoms with E-state index in [4.69, 9.17) is 29.0 Å². The summed E-state index contributed by atoms with van der Waals surface area (Å²) >= 11 is 11.9. The predicted molar refractivity (Wildman–Crippen MR) is 64.2 cm³/mol. The van der Waals surface area contributed by atoms with Crippen LogP contribution in [0.4, 0.5) is 5.69 Å². The molecule has 0 spiro atoms. The highest BCUT2D eigenvalue weighted by atomic mass is 35.5. The predicted octanol–water partition coefficient (Wildman–Crippen LogP) is 2.95. The monoisotopic (exact) mass is 232 g/mol. The van der Waals surface area contributed by atoms with Crippen LogP contribution in [0.5, 0.6) is 0 Å². The summed E-state index contributed by atoms with van der Waals surface area (Å²) in [6.45, 7) is 1.93. The number of anilines is 1. The van der Waals surface area contributed by atoms with Gasteiger partial charge in [0.05, 0.1) is 0 Å². The molecule has 0 aliphatic carbocycles. The van der Waals surface area contributed by atoms with Gasteiger partial charge in [0.1, 0.15) is 0 Å². The van der Waals surface area contributed by atoms with E-state index in [1.54, 1.807) is 0 Å². The quantitative estimate of drug-likeness (QED) is 0.577. The zero-order valence-electron chi connectivity index (χ0n) is 7.00. The minimum absolute atomic E-state index is 0.533. The van der Waals surface area contributed by atoms with E-state index in [9.17, 15) is 0 Å². The van der Waals surface area contributed by atoms with Crippen LogP contribution in [0.15, 0.2) is 18.2 Å². The van der Waals surface area contributed by atoms with E-state index < -0.39 is 0 Å². The molecule has 1 aromatic rings. The molecule has 0 amide bonds. The molecule has 0 heterocycles. The third-order valence-electron chi connectivity index (χ3n) is 1.61. The first-order chi connectivity index (χ1) is 6.15. The molecule has 1 rings (SSSR count). The Morgan fingerprint density at radius 3 is 2.92 bits per heavy atom. The number of nitrogens with two attached hydrogens (primary N) is 1. The van der Waals surface area contributed by atoms with Crippen LogP contribution in [-0.2, 0) is 0 Å². The summed E-state index contributed by atoms with van der Waals surface area (Å²) in [4.78, 5) is 0. The van der Waals surface area contributed by atoms with Gasteiger partial charge in [0.2, 0.25) is 0 Å². The molecule has 13 heavy (non-hydrogen) atoms. The Labute approximate surface area is 92.0 Å². The van der Waals surface area contributed by atoms with Crippen molar-refractivity contribution in [2.24, 2.45) is 5.14 Å². The van der Waals surface area contributed by atoms with Gasteiger partial charge in [-0.1, -0.05) is 29.9 Å². The van der Waals surface area contributed by atoms with Crippen molar-refractivity contribution in [3.63, 3.8) is 0 Å². The molecule has 5 heteroatoms. The molecule has 3 N–H and O–H groups in total. The molecule has 0 aliphatic rings. The summed E-state index contributed by atoms with van der Waals surface area (Å²) in [5.74, 6) is 0. The van der Waals surface area contributed by atoms with Crippen LogP contribution in [0.3, 0.4) is 0 Å². The Morgan fingerprint density at radius 2 is 2.31 bits per heavy atom. The van der Waals surface area contributed by atoms with Crippen molar-refractivity contribution < 1.29 is 0 Å². The van der Waals surface area contributed by atoms with Crippen molar-refractivity contribution in [2.45, 2.75) is 6.92 Å². The maximum atomic E-state index is 5.92. The average Bonchev–Trinajstić information content (AvgIpc) is 2.13. The van der Waals surface area contributed by atoms with Gasteiger partial charge in [0.25, 0.3) is 0 Å². The fourth-order valence-electron chi connectivity index (χ4n) is 0.882. The highest BCUT2D eigenvalue weighted by Gasteiger charge is 2.02. The zero-order valence-corrected chi connectivity index (χ0v) is 9.39. The third-order valence-corrected chi connectivity index (χ3v) is 2.73. The van der Waals surface area contributed by atoms with Gasteiger partial charge >= 0.3 is 0 Å². The van der Waals surface area contributed by atoms with Gasteiger partial charge in [0, 0.05) is 10.7 Å². The van der Waals surface area contributed by atoms with Crippen molar-refractivity contribution >= 4 is 45.8 Å². The Bertz CT molecular complexity index is 328. The van der Waals surface area contributed by atoms with Crippen LogP contribution in [-0.4, -0.2) is 4.32 Å². The van der Waals surface area contributed by atoms with Gasteiger partial charge in [-0.15, -0.1) is 0 Å². The largest absolute Gasteiger partial charge is 0.340 e. The topological polar surface area (TPSA) is 38.0 Å². The molecule has 2 nitrogen and oxygen atoms in total. The molecule has 0 radical (unpaired) electrons. The van der Waals surface area contributed by atoms with Crippen LogP contribution in [0, 0.1) is 6.92 Å². The molecular formula is C8H9ClN2S2. The molecule has 1 aromatic carbocycles. The van der Waals surface area contributed by atoms with Gasteiger partial charge in [0.15, 0.2) is 4.32 Å². The van der Waals surface area contributed by atoms with E-state index in [1.807, 2.05) is 25.1 Å². The molecule has 70 valence electrons. The van der Waals surface area contributed by atoms with Crippen molar-refractivity contribution in [3.8, 4) is 0 Å². The fraction of sp³-hybridized carbons (Fsp3) is 0.125. The minimum atomic E-state index is 0.533. The second-order valence-electron chi connectivity index (χ2n) is 2.44. The molecule has 0 saturated heterocycles. The second kappa shape index (κ2) is 4.81. The summed E-state index contributed by atoms with van der Waals surface area (Å²) in [6.07, 6.45) is 0. The zero-order chi connectivity index (χ0) is 9.84. The number of rotatable bonds is 1. The lowest BCUT2D eigenvalue weighted by Gasteiger charge is -2.08. The standard InChI is InChI=1S/C8H9ClN2S2/c1-5-6(9)3-2-4-7(5)11-8(12)13-10/h2-4H,10H2,1H3,(H,11,12). The minimum Gasteiger partial charge on any atom is -0.340 e. The Kier molecular flexibility index (Phi) is 3.99. The van der Waals surface area contributed by atoms with Crippen molar-refractivity contribution in [1.82, 2.24) is 0 Å². The lowest BCUT2D eigenvalue weighted by atomic mass is 10.2. The molecular weight excluding hydrogens is 224 g/mol. The molecule has 0 aliphatic heterocycles. The summed E-state index contributed by atoms with van der Waals surface area (Å²) in [5, 5.41) is 8.99. The summed E-state index contributed by atoms with van der Waals surface area (Å²) in [5.41, 5.74) is 1.87. The maximum absolute atomic E-state index is 5.92. The van der Waals surface area contributed by atoms with Crippen molar-refractivity contribution in [3.05, 3.63) is 28.8 Å².